The molecular formula is C9H10N2O. The quantitative estimate of drug-likeness (QED) is 0.677. The van der Waals surface area contributed by atoms with Gasteiger partial charge < -0.3 is 5.11 Å². The van der Waals surface area contributed by atoms with E-state index in [0.717, 1.165) is 5.69 Å². The number of pyridine rings is 1. The maximum absolute atomic E-state index is 9.28. The van der Waals surface area contributed by atoms with Crippen molar-refractivity contribution in [2.75, 3.05) is 0 Å². The van der Waals surface area contributed by atoms with Gasteiger partial charge in [-0.1, -0.05) is 0 Å². The summed E-state index contributed by atoms with van der Waals surface area (Å²) in [6.07, 6.45) is 0.937. The number of hydrogen-bond acceptors (Lipinski definition) is 3. The van der Waals surface area contributed by atoms with Gasteiger partial charge >= 0.3 is 0 Å². The summed E-state index contributed by atoms with van der Waals surface area (Å²) in [5, 5.41) is 17.8. The average molecular weight is 162 g/mol. The molecule has 0 aliphatic carbocycles. The van der Waals surface area contributed by atoms with Gasteiger partial charge in [0, 0.05) is 17.5 Å². The minimum atomic E-state index is -0.564. The number of hydrogen-bond donors (Lipinski definition) is 1. The lowest BCUT2D eigenvalue weighted by atomic mass is 10.1. The van der Waals surface area contributed by atoms with Crippen LogP contribution in [0.1, 0.15) is 29.8 Å². The first-order valence-corrected chi connectivity index (χ1v) is 3.70. The minimum absolute atomic E-state index is 0.483. The standard InChI is InChI=1S/C9H10N2O/c1-6-9(7(2)12)3-8(4-10)5-11-6/h3,5,7,12H,1-2H3. The molecule has 1 aromatic rings. The van der Waals surface area contributed by atoms with E-state index in [0.29, 0.717) is 11.1 Å². The summed E-state index contributed by atoms with van der Waals surface area (Å²) in [7, 11) is 0. The van der Waals surface area contributed by atoms with E-state index in [9.17, 15) is 5.11 Å². The third kappa shape index (κ3) is 1.60. The van der Waals surface area contributed by atoms with E-state index in [1.165, 1.54) is 6.20 Å². The molecule has 3 nitrogen and oxygen atoms in total. The summed E-state index contributed by atoms with van der Waals surface area (Å²) in [6, 6.07) is 3.64. The smallest absolute Gasteiger partial charge is 0.101 e. The highest BCUT2D eigenvalue weighted by atomic mass is 16.3. The fraction of sp³-hybridized carbons (Fsp3) is 0.333. The Balaban J connectivity index is 3.19. The molecule has 1 aromatic heterocycles. The average Bonchev–Trinajstić information content (AvgIpc) is 2.05. The van der Waals surface area contributed by atoms with Gasteiger partial charge in [-0.2, -0.15) is 5.26 Å². The van der Waals surface area contributed by atoms with Crippen LogP contribution in [0.5, 0.6) is 0 Å². The zero-order chi connectivity index (χ0) is 9.14. The van der Waals surface area contributed by atoms with E-state index < -0.39 is 6.10 Å². The molecule has 0 saturated carbocycles. The maximum atomic E-state index is 9.28. The van der Waals surface area contributed by atoms with Gasteiger partial charge in [-0.15, -0.1) is 0 Å². The third-order valence-electron chi connectivity index (χ3n) is 1.71. The van der Waals surface area contributed by atoms with Crippen LogP contribution in [-0.2, 0) is 0 Å². The maximum Gasteiger partial charge on any atom is 0.101 e. The molecule has 1 unspecified atom stereocenters. The molecule has 0 radical (unpaired) electrons. The minimum Gasteiger partial charge on any atom is -0.389 e. The van der Waals surface area contributed by atoms with Crippen molar-refractivity contribution in [2.45, 2.75) is 20.0 Å². The van der Waals surface area contributed by atoms with Crippen molar-refractivity contribution < 1.29 is 5.11 Å². The molecule has 0 spiro atoms. The van der Waals surface area contributed by atoms with E-state index in [1.54, 1.807) is 13.0 Å². The van der Waals surface area contributed by atoms with Gasteiger partial charge in [0.05, 0.1) is 11.7 Å². The molecular weight excluding hydrogens is 152 g/mol. The Labute approximate surface area is 71.3 Å². The van der Waals surface area contributed by atoms with Crippen LogP contribution >= 0.6 is 0 Å². The highest BCUT2D eigenvalue weighted by Crippen LogP contribution is 2.15. The van der Waals surface area contributed by atoms with E-state index in [2.05, 4.69) is 4.98 Å². The number of rotatable bonds is 1. The highest BCUT2D eigenvalue weighted by molar-refractivity contribution is 5.33. The normalized spacial score (nSPS) is 12.2. The second-order valence-corrected chi connectivity index (χ2v) is 2.69. The summed E-state index contributed by atoms with van der Waals surface area (Å²) in [4.78, 5) is 3.99. The lowest BCUT2D eigenvalue weighted by Crippen LogP contribution is -1.98. The van der Waals surface area contributed by atoms with Gasteiger partial charge in [0.1, 0.15) is 6.07 Å². The van der Waals surface area contributed by atoms with Crippen LogP contribution in [0.3, 0.4) is 0 Å². The summed E-state index contributed by atoms with van der Waals surface area (Å²) < 4.78 is 0. The van der Waals surface area contributed by atoms with Crippen molar-refractivity contribution >= 4 is 0 Å². The van der Waals surface area contributed by atoms with Gasteiger partial charge in [0.2, 0.25) is 0 Å². The van der Waals surface area contributed by atoms with Crippen molar-refractivity contribution in [1.29, 1.82) is 5.26 Å². The van der Waals surface area contributed by atoms with Crippen molar-refractivity contribution in [3.63, 3.8) is 0 Å². The molecule has 1 N–H and O–H groups in total. The molecule has 1 heterocycles. The molecule has 0 amide bonds. The zero-order valence-electron chi connectivity index (χ0n) is 7.07. The van der Waals surface area contributed by atoms with Gasteiger partial charge in [-0.25, -0.2) is 0 Å². The van der Waals surface area contributed by atoms with Gasteiger partial charge in [0.25, 0.3) is 0 Å². The molecule has 12 heavy (non-hydrogen) atoms. The largest absolute Gasteiger partial charge is 0.389 e. The molecule has 1 atom stereocenters. The van der Waals surface area contributed by atoms with Crippen LogP contribution in [0, 0.1) is 18.3 Å². The summed E-state index contributed by atoms with van der Waals surface area (Å²) in [5.74, 6) is 0. The number of aliphatic hydroxyl groups excluding tert-OH is 1. The molecule has 1 rings (SSSR count). The molecule has 0 bridgehead atoms. The van der Waals surface area contributed by atoms with Crippen LogP contribution < -0.4 is 0 Å². The number of nitriles is 1. The molecule has 0 aliphatic heterocycles. The Hall–Kier alpha value is -1.40. The van der Waals surface area contributed by atoms with Crippen molar-refractivity contribution in [3.8, 4) is 6.07 Å². The SMILES string of the molecule is Cc1ncc(C#N)cc1C(C)O. The van der Waals surface area contributed by atoms with Crippen LogP contribution in [0.4, 0.5) is 0 Å². The Morgan fingerprint density at radius 2 is 2.33 bits per heavy atom. The number of aromatic nitrogens is 1. The first-order valence-electron chi connectivity index (χ1n) is 3.70. The summed E-state index contributed by atoms with van der Waals surface area (Å²) in [6.45, 7) is 3.47. The van der Waals surface area contributed by atoms with Gasteiger partial charge in [0.15, 0.2) is 0 Å². The lowest BCUT2D eigenvalue weighted by Gasteiger charge is -2.06. The van der Waals surface area contributed by atoms with Crippen LogP contribution in [-0.4, -0.2) is 10.1 Å². The summed E-state index contributed by atoms with van der Waals surface area (Å²) >= 11 is 0. The van der Waals surface area contributed by atoms with Crippen LogP contribution in [0.15, 0.2) is 12.3 Å². The molecule has 62 valence electrons. The molecule has 3 heteroatoms. The predicted octanol–water partition coefficient (Wildman–Crippen LogP) is 1.31. The molecule has 0 aliphatic rings. The first kappa shape index (κ1) is 8.69. The Morgan fingerprint density at radius 3 is 2.83 bits per heavy atom. The fourth-order valence-corrected chi connectivity index (χ4v) is 1.03. The highest BCUT2D eigenvalue weighted by Gasteiger charge is 2.06. The topological polar surface area (TPSA) is 56.9 Å². The molecule has 0 aromatic carbocycles. The van der Waals surface area contributed by atoms with Crippen molar-refractivity contribution in [3.05, 3.63) is 29.1 Å². The number of aliphatic hydroxyl groups is 1. The van der Waals surface area contributed by atoms with Crippen molar-refractivity contribution in [2.24, 2.45) is 0 Å². The van der Waals surface area contributed by atoms with E-state index >= 15 is 0 Å². The van der Waals surface area contributed by atoms with Gasteiger partial charge in [-0.05, 0) is 19.9 Å². The molecule has 0 saturated heterocycles. The molecule has 0 fully saturated rings. The van der Waals surface area contributed by atoms with E-state index in [4.69, 9.17) is 5.26 Å². The van der Waals surface area contributed by atoms with Crippen LogP contribution in [0.2, 0.25) is 0 Å². The zero-order valence-corrected chi connectivity index (χ0v) is 7.07. The fourth-order valence-electron chi connectivity index (χ4n) is 1.03. The number of nitrogens with zero attached hydrogens (tertiary/aromatic N) is 2. The van der Waals surface area contributed by atoms with E-state index in [-0.39, 0.29) is 0 Å². The van der Waals surface area contributed by atoms with Crippen LogP contribution in [0.25, 0.3) is 0 Å². The predicted molar refractivity (Wildman–Crippen MR) is 44.3 cm³/mol. The third-order valence-corrected chi connectivity index (χ3v) is 1.71. The second-order valence-electron chi connectivity index (χ2n) is 2.69. The van der Waals surface area contributed by atoms with E-state index in [1.807, 2.05) is 13.0 Å². The number of aryl methyl sites for hydroxylation is 1. The first-order chi connectivity index (χ1) is 5.65. The Bertz CT molecular complexity index is 326. The monoisotopic (exact) mass is 162 g/mol. The van der Waals surface area contributed by atoms with Crippen molar-refractivity contribution in [1.82, 2.24) is 4.98 Å². The second kappa shape index (κ2) is 3.33. The Kier molecular flexibility index (Phi) is 2.41. The summed E-state index contributed by atoms with van der Waals surface area (Å²) in [5.41, 5.74) is 1.97. The lowest BCUT2D eigenvalue weighted by molar-refractivity contribution is 0.198. The Morgan fingerprint density at radius 1 is 1.67 bits per heavy atom. The van der Waals surface area contributed by atoms with Gasteiger partial charge in [-0.3, -0.25) is 4.98 Å².